The van der Waals surface area contributed by atoms with Crippen molar-refractivity contribution in [2.24, 2.45) is 7.05 Å². The molecule has 16 heavy (non-hydrogen) atoms. The molecule has 0 aliphatic heterocycles. The SMILES string of the molecule is Cn1c(C2CCC2)c(Br)c2c(N)cccc21. The van der Waals surface area contributed by atoms with Crippen LogP contribution in [0.3, 0.4) is 0 Å². The monoisotopic (exact) mass is 278 g/mol. The molecule has 1 fully saturated rings. The number of anilines is 1. The maximum absolute atomic E-state index is 6.06. The maximum atomic E-state index is 6.06. The number of aryl methyl sites for hydroxylation is 1. The zero-order chi connectivity index (χ0) is 11.3. The number of nitrogen functional groups attached to an aromatic ring is 1. The molecule has 1 aliphatic rings. The molecule has 2 nitrogen and oxygen atoms in total. The Morgan fingerprint density at radius 1 is 1.38 bits per heavy atom. The second kappa shape index (κ2) is 3.52. The van der Waals surface area contributed by atoms with Gasteiger partial charge in [0.2, 0.25) is 0 Å². The number of hydrogen-bond acceptors (Lipinski definition) is 1. The zero-order valence-corrected chi connectivity index (χ0v) is 10.9. The molecule has 3 rings (SSSR count). The summed E-state index contributed by atoms with van der Waals surface area (Å²) in [4.78, 5) is 0. The first-order chi connectivity index (χ1) is 7.70. The van der Waals surface area contributed by atoms with Crippen molar-refractivity contribution in [1.29, 1.82) is 0 Å². The fourth-order valence-corrected chi connectivity index (χ4v) is 3.64. The third kappa shape index (κ3) is 1.24. The van der Waals surface area contributed by atoms with Crippen LogP contribution in [0.2, 0.25) is 0 Å². The van der Waals surface area contributed by atoms with Gasteiger partial charge in [0.25, 0.3) is 0 Å². The molecule has 1 aliphatic carbocycles. The Labute approximate surface area is 104 Å². The fourth-order valence-electron chi connectivity index (χ4n) is 2.62. The van der Waals surface area contributed by atoms with Crippen molar-refractivity contribution in [3.8, 4) is 0 Å². The summed E-state index contributed by atoms with van der Waals surface area (Å²) in [7, 11) is 2.14. The lowest BCUT2D eigenvalue weighted by atomic mass is 9.83. The molecule has 1 aromatic carbocycles. The van der Waals surface area contributed by atoms with Gasteiger partial charge >= 0.3 is 0 Å². The number of fused-ring (bicyclic) bond motifs is 1. The molecule has 0 radical (unpaired) electrons. The molecule has 1 aromatic heterocycles. The van der Waals surface area contributed by atoms with Gasteiger partial charge < -0.3 is 10.3 Å². The lowest BCUT2D eigenvalue weighted by molar-refractivity contribution is 0.402. The standard InChI is InChI=1S/C13H15BrN2/c1-16-10-7-3-6-9(15)11(10)12(14)13(16)8-4-2-5-8/h3,6-8H,2,4-5,15H2,1H3. The number of halogens is 1. The molecular formula is C13H15BrN2. The van der Waals surface area contributed by atoms with Crippen LogP contribution < -0.4 is 5.73 Å². The van der Waals surface area contributed by atoms with Crippen molar-refractivity contribution in [1.82, 2.24) is 4.57 Å². The minimum atomic E-state index is 0.714. The molecule has 2 aromatic rings. The van der Waals surface area contributed by atoms with Crippen molar-refractivity contribution < 1.29 is 0 Å². The van der Waals surface area contributed by atoms with E-state index >= 15 is 0 Å². The molecule has 84 valence electrons. The van der Waals surface area contributed by atoms with E-state index in [1.54, 1.807) is 0 Å². The van der Waals surface area contributed by atoms with Gasteiger partial charge in [0.05, 0.1) is 5.52 Å². The molecule has 2 N–H and O–H groups in total. The first kappa shape index (κ1) is 10.2. The molecule has 0 spiro atoms. The number of nitrogens with zero attached hydrogens (tertiary/aromatic N) is 1. The molecule has 0 bridgehead atoms. The summed E-state index contributed by atoms with van der Waals surface area (Å²) in [5.41, 5.74) is 9.57. The highest BCUT2D eigenvalue weighted by Crippen LogP contribution is 2.44. The molecule has 0 unspecified atom stereocenters. The van der Waals surface area contributed by atoms with E-state index in [9.17, 15) is 0 Å². The minimum absolute atomic E-state index is 0.714. The highest BCUT2D eigenvalue weighted by molar-refractivity contribution is 9.10. The molecular weight excluding hydrogens is 264 g/mol. The van der Waals surface area contributed by atoms with E-state index in [2.05, 4.69) is 33.6 Å². The van der Waals surface area contributed by atoms with Gasteiger partial charge in [0, 0.05) is 34.2 Å². The fraction of sp³-hybridized carbons (Fsp3) is 0.385. The van der Waals surface area contributed by atoms with E-state index in [-0.39, 0.29) is 0 Å². The number of nitrogens with two attached hydrogens (primary N) is 1. The Morgan fingerprint density at radius 2 is 2.12 bits per heavy atom. The Bertz CT molecular complexity index is 553. The number of hydrogen-bond donors (Lipinski definition) is 1. The third-order valence-electron chi connectivity index (χ3n) is 3.73. The van der Waals surface area contributed by atoms with Gasteiger partial charge in [-0.15, -0.1) is 0 Å². The predicted octanol–water partition coefficient (Wildman–Crippen LogP) is 3.79. The smallest absolute Gasteiger partial charge is 0.0512 e. The Kier molecular flexibility index (Phi) is 2.25. The minimum Gasteiger partial charge on any atom is -0.398 e. The summed E-state index contributed by atoms with van der Waals surface area (Å²) in [6.45, 7) is 0. The van der Waals surface area contributed by atoms with E-state index in [0.717, 1.165) is 5.69 Å². The number of benzene rings is 1. The van der Waals surface area contributed by atoms with Crippen LogP contribution in [0.25, 0.3) is 10.9 Å². The Hall–Kier alpha value is -0.960. The quantitative estimate of drug-likeness (QED) is 0.791. The average molecular weight is 279 g/mol. The van der Waals surface area contributed by atoms with E-state index in [1.807, 2.05) is 12.1 Å². The zero-order valence-electron chi connectivity index (χ0n) is 9.33. The first-order valence-corrected chi connectivity index (χ1v) is 6.51. The lowest BCUT2D eigenvalue weighted by Gasteiger charge is -2.26. The van der Waals surface area contributed by atoms with Gasteiger partial charge in [-0.05, 0) is 40.9 Å². The average Bonchev–Trinajstić information content (AvgIpc) is 2.42. The van der Waals surface area contributed by atoms with Gasteiger partial charge in [-0.3, -0.25) is 0 Å². The second-order valence-corrected chi connectivity index (χ2v) is 5.42. The van der Waals surface area contributed by atoms with E-state index in [1.165, 1.54) is 40.3 Å². The van der Waals surface area contributed by atoms with E-state index in [4.69, 9.17) is 5.73 Å². The van der Waals surface area contributed by atoms with Gasteiger partial charge in [-0.2, -0.15) is 0 Å². The number of aromatic nitrogens is 1. The van der Waals surface area contributed by atoms with Gasteiger partial charge in [0.1, 0.15) is 0 Å². The normalized spacial score (nSPS) is 16.6. The maximum Gasteiger partial charge on any atom is 0.0512 e. The highest BCUT2D eigenvalue weighted by atomic mass is 79.9. The summed E-state index contributed by atoms with van der Waals surface area (Å²) in [6, 6.07) is 6.13. The van der Waals surface area contributed by atoms with Gasteiger partial charge in [-0.25, -0.2) is 0 Å². The summed E-state index contributed by atoms with van der Waals surface area (Å²) < 4.78 is 3.49. The summed E-state index contributed by atoms with van der Waals surface area (Å²) in [6.07, 6.45) is 3.97. The van der Waals surface area contributed by atoms with Crippen LogP contribution in [0, 0.1) is 0 Å². The summed E-state index contributed by atoms with van der Waals surface area (Å²) >= 11 is 3.73. The number of rotatable bonds is 1. The molecule has 1 saturated carbocycles. The van der Waals surface area contributed by atoms with Crippen molar-refractivity contribution in [3.05, 3.63) is 28.4 Å². The van der Waals surface area contributed by atoms with Crippen LogP contribution in [0.5, 0.6) is 0 Å². The molecule has 3 heteroatoms. The first-order valence-electron chi connectivity index (χ1n) is 5.72. The molecule has 0 saturated heterocycles. The van der Waals surface area contributed by atoms with Crippen molar-refractivity contribution in [2.45, 2.75) is 25.2 Å². The predicted molar refractivity (Wildman–Crippen MR) is 71.6 cm³/mol. The largest absolute Gasteiger partial charge is 0.398 e. The molecule has 1 heterocycles. The van der Waals surface area contributed by atoms with Gasteiger partial charge in [-0.1, -0.05) is 12.5 Å². The van der Waals surface area contributed by atoms with E-state index in [0.29, 0.717) is 5.92 Å². The van der Waals surface area contributed by atoms with Crippen LogP contribution in [0.1, 0.15) is 30.9 Å². The van der Waals surface area contributed by atoms with Gasteiger partial charge in [0.15, 0.2) is 0 Å². The van der Waals surface area contributed by atoms with Crippen molar-refractivity contribution in [2.75, 3.05) is 5.73 Å². The van der Waals surface area contributed by atoms with Crippen LogP contribution in [0.4, 0.5) is 5.69 Å². The molecule has 0 amide bonds. The van der Waals surface area contributed by atoms with Crippen LogP contribution in [0.15, 0.2) is 22.7 Å². The van der Waals surface area contributed by atoms with Crippen LogP contribution in [-0.2, 0) is 7.05 Å². The topological polar surface area (TPSA) is 30.9 Å². The summed E-state index contributed by atoms with van der Waals surface area (Å²) in [5, 5.41) is 1.17. The van der Waals surface area contributed by atoms with Crippen LogP contribution >= 0.6 is 15.9 Å². The van der Waals surface area contributed by atoms with Crippen molar-refractivity contribution in [3.63, 3.8) is 0 Å². The Morgan fingerprint density at radius 3 is 2.69 bits per heavy atom. The Balaban J connectivity index is 2.33. The third-order valence-corrected chi connectivity index (χ3v) is 4.54. The lowest BCUT2D eigenvalue weighted by Crippen LogP contribution is -2.12. The highest BCUT2D eigenvalue weighted by Gasteiger charge is 2.26. The van der Waals surface area contributed by atoms with Crippen LogP contribution in [-0.4, -0.2) is 4.57 Å². The summed E-state index contributed by atoms with van der Waals surface area (Å²) in [5.74, 6) is 0.714. The second-order valence-electron chi connectivity index (χ2n) is 4.63. The van der Waals surface area contributed by atoms with Crippen molar-refractivity contribution >= 4 is 32.5 Å². The molecule has 0 atom stereocenters. The van der Waals surface area contributed by atoms with E-state index < -0.39 is 0 Å².